The summed E-state index contributed by atoms with van der Waals surface area (Å²) >= 11 is 4.32. The highest BCUT2D eigenvalue weighted by Gasteiger charge is 2.42. The number of nitrogens with two attached hydrogens (primary N) is 1. The van der Waals surface area contributed by atoms with E-state index in [1.54, 1.807) is 12.4 Å². The van der Waals surface area contributed by atoms with Crippen LogP contribution in [-0.4, -0.2) is 34.0 Å². The van der Waals surface area contributed by atoms with E-state index in [1.807, 2.05) is 24.3 Å². The van der Waals surface area contributed by atoms with Gasteiger partial charge in [0.25, 0.3) is 0 Å². The van der Waals surface area contributed by atoms with Crippen molar-refractivity contribution < 1.29 is 18.0 Å². The molecule has 150 valence electrons. The smallest absolute Gasteiger partial charge is 0.318 e. The van der Waals surface area contributed by atoms with E-state index in [0.717, 1.165) is 23.0 Å². The van der Waals surface area contributed by atoms with Crippen LogP contribution in [0, 0.1) is 0 Å². The van der Waals surface area contributed by atoms with Crippen molar-refractivity contribution in [2.45, 2.75) is 17.6 Å². The lowest BCUT2D eigenvalue weighted by Crippen LogP contribution is -2.44. The van der Waals surface area contributed by atoms with Crippen LogP contribution in [0.3, 0.4) is 0 Å². The normalized spacial score (nSPS) is 18.5. The average molecular weight is 419 g/mol. The van der Waals surface area contributed by atoms with Crippen molar-refractivity contribution in [1.82, 2.24) is 9.97 Å². The van der Waals surface area contributed by atoms with Crippen LogP contribution in [0.4, 0.5) is 29.3 Å². The molecule has 0 spiro atoms. The molecule has 4 rings (SSSR count). The molecule has 0 aliphatic carbocycles. The molecule has 10 heteroatoms. The van der Waals surface area contributed by atoms with Gasteiger partial charge in [-0.2, -0.15) is 25.8 Å². The SMILES string of the molecule is N[C@H](S)[C@H]1CN(c2ccc(C(F)(F)F)nc2)C(=O)N1c1cncc2ccccc12. The van der Waals surface area contributed by atoms with Crippen LogP contribution in [0.5, 0.6) is 0 Å². The zero-order valence-corrected chi connectivity index (χ0v) is 15.8. The number of hydrogen-bond acceptors (Lipinski definition) is 5. The van der Waals surface area contributed by atoms with Gasteiger partial charge in [0.1, 0.15) is 5.69 Å². The number of rotatable bonds is 3. The third kappa shape index (κ3) is 3.49. The summed E-state index contributed by atoms with van der Waals surface area (Å²) in [7, 11) is 0. The van der Waals surface area contributed by atoms with Gasteiger partial charge in [0.2, 0.25) is 0 Å². The molecule has 1 aliphatic heterocycles. The largest absolute Gasteiger partial charge is 0.433 e. The Morgan fingerprint density at radius 3 is 2.55 bits per heavy atom. The van der Waals surface area contributed by atoms with Crippen LogP contribution in [0.2, 0.25) is 0 Å². The minimum atomic E-state index is -4.55. The number of halogens is 3. The summed E-state index contributed by atoms with van der Waals surface area (Å²) in [5.41, 5.74) is 5.80. The van der Waals surface area contributed by atoms with Crippen LogP contribution in [-0.2, 0) is 6.18 Å². The Hall–Kier alpha value is -2.85. The van der Waals surface area contributed by atoms with Crippen molar-refractivity contribution in [3.05, 3.63) is 60.7 Å². The molecule has 1 fully saturated rings. The van der Waals surface area contributed by atoms with Crippen molar-refractivity contribution in [2.24, 2.45) is 5.73 Å². The number of urea groups is 1. The highest BCUT2D eigenvalue weighted by molar-refractivity contribution is 7.81. The minimum absolute atomic E-state index is 0.153. The Morgan fingerprint density at radius 2 is 1.90 bits per heavy atom. The topological polar surface area (TPSA) is 75.3 Å². The third-order valence-electron chi connectivity index (χ3n) is 4.79. The number of thiol groups is 1. The van der Waals surface area contributed by atoms with Gasteiger partial charge in [-0.3, -0.25) is 14.8 Å². The molecule has 1 saturated heterocycles. The molecule has 1 aliphatic rings. The van der Waals surface area contributed by atoms with E-state index in [2.05, 4.69) is 22.6 Å². The molecule has 0 saturated carbocycles. The van der Waals surface area contributed by atoms with Gasteiger partial charge < -0.3 is 5.73 Å². The molecule has 2 aromatic heterocycles. The molecule has 2 N–H and O–H groups in total. The van der Waals surface area contributed by atoms with Gasteiger partial charge in [-0.1, -0.05) is 24.3 Å². The van der Waals surface area contributed by atoms with E-state index in [9.17, 15) is 18.0 Å². The first-order valence-electron chi connectivity index (χ1n) is 8.68. The molecule has 2 amide bonds. The Labute approximate surface area is 169 Å². The van der Waals surface area contributed by atoms with E-state index in [4.69, 9.17) is 5.73 Å². The molecular weight excluding hydrogens is 403 g/mol. The highest BCUT2D eigenvalue weighted by Crippen LogP contribution is 2.35. The number of nitrogens with zero attached hydrogens (tertiary/aromatic N) is 4. The predicted octanol–water partition coefficient (Wildman–Crippen LogP) is 3.68. The summed E-state index contributed by atoms with van der Waals surface area (Å²) in [5, 5.41) is 0.978. The second-order valence-electron chi connectivity index (χ2n) is 6.60. The van der Waals surface area contributed by atoms with Gasteiger partial charge in [0.15, 0.2) is 0 Å². The van der Waals surface area contributed by atoms with Crippen LogP contribution in [0.25, 0.3) is 10.8 Å². The van der Waals surface area contributed by atoms with Crippen LogP contribution in [0.15, 0.2) is 55.0 Å². The highest BCUT2D eigenvalue weighted by atomic mass is 32.1. The number of pyridine rings is 2. The first-order valence-corrected chi connectivity index (χ1v) is 9.19. The number of fused-ring (bicyclic) bond motifs is 1. The van der Waals surface area contributed by atoms with Gasteiger partial charge in [0, 0.05) is 17.0 Å². The maximum atomic E-state index is 13.2. The zero-order valence-electron chi connectivity index (χ0n) is 14.9. The lowest BCUT2D eigenvalue weighted by Gasteiger charge is -2.26. The summed E-state index contributed by atoms with van der Waals surface area (Å²) < 4.78 is 38.4. The molecule has 0 unspecified atom stereocenters. The lowest BCUT2D eigenvalue weighted by atomic mass is 10.1. The fourth-order valence-electron chi connectivity index (χ4n) is 3.38. The number of amides is 2. The fourth-order valence-corrected chi connectivity index (χ4v) is 3.61. The molecule has 1 aromatic carbocycles. The summed E-state index contributed by atoms with van der Waals surface area (Å²) in [5.74, 6) is 0. The number of carbonyl (C=O) groups excluding carboxylic acids is 1. The maximum Gasteiger partial charge on any atom is 0.433 e. The molecule has 2 atom stereocenters. The third-order valence-corrected chi connectivity index (χ3v) is 5.13. The summed E-state index contributed by atoms with van der Waals surface area (Å²) in [6.45, 7) is 0.153. The molecular formula is C19H16F3N5OS. The Morgan fingerprint density at radius 1 is 1.14 bits per heavy atom. The van der Waals surface area contributed by atoms with Gasteiger partial charge in [-0.05, 0) is 12.1 Å². The summed E-state index contributed by atoms with van der Waals surface area (Å²) in [6.07, 6.45) is -0.263. The van der Waals surface area contributed by atoms with E-state index >= 15 is 0 Å². The average Bonchev–Trinajstić information content (AvgIpc) is 3.04. The molecule has 6 nitrogen and oxygen atoms in total. The number of alkyl halides is 3. The van der Waals surface area contributed by atoms with Crippen molar-refractivity contribution >= 4 is 40.8 Å². The standard InChI is InChI=1S/C19H16F3N5OS/c20-19(21,22)16-6-5-12(8-25-16)26-10-15(17(23)29)27(18(26)28)14-9-24-7-11-3-1-2-4-13(11)14/h1-9,15,17,29H,10,23H2/t15-,17-/m1/s1. The number of carbonyl (C=O) groups is 1. The molecule has 3 heterocycles. The number of benzene rings is 1. The van der Waals surface area contributed by atoms with Crippen molar-refractivity contribution in [3.63, 3.8) is 0 Å². The van der Waals surface area contributed by atoms with Gasteiger partial charge in [-0.15, -0.1) is 0 Å². The predicted molar refractivity (Wildman–Crippen MR) is 107 cm³/mol. The molecule has 3 aromatic rings. The van der Waals surface area contributed by atoms with Crippen LogP contribution >= 0.6 is 12.6 Å². The monoisotopic (exact) mass is 419 g/mol. The van der Waals surface area contributed by atoms with Gasteiger partial charge in [-0.25, -0.2) is 9.78 Å². The maximum absolute atomic E-state index is 13.2. The van der Waals surface area contributed by atoms with E-state index in [-0.39, 0.29) is 12.2 Å². The first kappa shape index (κ1) is 19.5. The van der Waals surface area contributed by atoms with Crippen LogP contribution < -0.4 is 15.5 Å². The van der Waals surface area contributed by atoms with Gasteiger partial charge in [0.05, 0.1) is 41.7 Å². The molecule has 0 bridgehead atoms. The quantitative estimate of drug-likeness (QED) is 0.502. The molecule has 0 radical (unpaired) electrons. The van der Waals surface area contributed by atoms with Crippen LogP contribution in [0.1, 0.15) is 5.69 Å². The van der Waals surface area contributed by atoms with E-state index < -0.39 is 29.3 Å². The number of anilines is 2. The van der Waals surface area contributed by atoms with Gasteiger partial charge >= 0.3 is 12.2 Å². The van der Waals surface area contributed by atoms with Crippen molar-refractivity contribution in [3.8, 4) is 0 Å². The second-order valence-corrected chi connectivity index (χ2v) is 7.20. The minimum Gasteiger partial charge on any atom is -0.318 e. The summed E-state index contributed by atoms with van der Waals surface area (Å²) in [6, 6.07) is 8.57. The number of aromatic nitrogens is 2. The Bertz CT molecular complexity index is 1050. The Balaban J connectivity index is 1.74. The van der Waals surface area contributed by atoms with E-state index in [0.29, 0.717) is 5.69 Å². The van der Waals surface area contributed by atoms with Crippen molar-refractivity contribution in [1.29, 1.82) is 0 Å². The zero-order chi connectivity index (χ0) is 20.8. The Kier molecular flexibility index (Phi) is 4.83. The molecule has 29 heavy (non-hydrogen) atoms. The van der Waals surface area contributed by atoms with Crippen molar-refractivity contribution in [2.75, 3.05) is 16.3 Å². The number of hydrogen-bond donors (Lipinski definition) is 2. The second kappa shape index (κ2) is 7.20. The van der Waals surface area contributed by atoms with E-state index in [1.165, 1.54) is 15.9 Å². The first-order chi connectivity index (χ1) is 13.8. The fraction of sp³-hybridized carbons (Fsp3) is 0.211. The lowest BCUT2D eigenvalue weighted by molar-refractivity contribution is -0.141. The summed E-state index contributed by atoms with van der Waals surface area (Å²) in [4.78, 5) is 23.7.